The molecule has 1 atom stereocenters. The summed E-state index contributed by atoms with van der Waals surface area (Å²) >= 11 is 12.1. The van der Waals surface area contributed by atoms with Crippen LogP contribution in [0.1, 0.15) is 22.1 Å². The summed E-state index contributed by atoms with van der Waals surface area (Å²) in [4.78, 5) is 0. The number of rotatable bonds is 3. The molecule has 18 heavy (non-hydrogen) atoms. The molecule has 0 saturated heterocycles. The van der Waals surface area contributed by atoms with Crippen LogP contribution in [0.25, 0.3) is 0 Å². The fourth-order valence-electron chi connectivity index (χ4n) is 1.85. The molecule has 2 rings (SSSR count). The second-order valence-corrected chi connectivity index (χ2v) is 5.24. The van der Waals surface area contributed by atoms with E-state index in [0.717, 1.165) is 5.56 Å². The zero-order valence-corrected chi connectivity index (χ0v) is 11.5. The largest absolute Gasteiger partial charge is 0.206 e. The van der Waals surface area contributed by atoms with Crippen molar-refractivity contribution in [2.24, 2.45) is 0 Å². The topological polar surface area (TPSA) is 0 Å². The maximum Gasteiger partial charge on any atom is 0.130 e. The first-order chi connectivity index (χ1) is 8.58. The number of alkyl halides is 1. The maximum atomic E-state index is 13.9. The molecule has 0 saturated carbocycles. The summed E-state index contributed by atoms with van der Waals surface area (Å²) in [6.45, 7) is 1.74. The van der Waals surface area contributed by atoms with E-state index in [0.29, 0.717) is 22.6 Å². The molecule has 1 unspecified atom stereocenters. The number of benzene rings is 2. The molecule has 0 heterocycles. The molecule has 0 spiro atoms. The highest BCUT2D eigenvalue weighted by Crippen LogP contribution is 2.28. The average molecular weight is 283 g/mol. The minimum Gasteiger partial charge on any atom is -0.206 e. The first kappa shape index (κ1) is 13.4. The zero-order chi connectivity index (χ0) is 13.1. The maximum absolute atomic E-state index is 13.9. The minimum absolute atomic E-state index is 0.216. The highest BCUT2D eigenvalue weighted by molar-refractivity contribution is 6.30. The first-order valence-electron chi connectivity index (χ1n) is 5.71. The first-order valence-corrected chi connectivity index (χ1v) is 6.53. The van der Waals surface area contributed by atoms with Gasteiger partial charge in [-0.3, -0.25) is 0 Å². The lowest BCUT2D eigenvalue weighted by Crippen LogP contribution is -2.00. The van der Waals surface area contributed by atoms with E-state index in [2.05, 4.69) is 0 Å². The van der Waals surface area contributed by atoms with Crippen LogP contribution in [0.4, 0.5) is 4.39 Å². The van der Waals surface area contributed by atoms with Gasteiger partial charge in [0.25, 0.3) is 0 Å². The van der Waals surface area contributed by atoms with Gasteiger partial charge < -0.3 is 0 Å². The van der Waals surface area contributed by atoms with Crippen LogP contribution in [0.5, 0.6) is 0 Å². The summed E-state index contributed by atoms with van der Waals surface area (Å²) in [5, 5.41) is 0.317. The van der Waals surface area contributed by atoms with E-state index in [9.17, 15) is 4.39 Å². The van der Waals surface area contributed by atoms with Gasteiger partial charge in [0.15, 0.2) is 0 Å². The summed E-state index contributed by atoms with van der Waals surface area (Å²) in [6, 6.07) is 12.7. The summed E-state index contributed by atoms with van der Waals surface area (Å²) in [5.41, 5.74) is 2.21. The Bertz CT molecular complexity index is 535. The molecule has 94 valence electrons. The summed E-state index contributed by atoms with van der Waals surface area (Å²) in [5.74, 6) is -0.216. The number of halogens is 3. The van der Waals surface area contributed by atoms with E-state index >= 15 is 0 Å². The fourth-order valence-corrected chi connectivity index (χ4v) is 2.32. The molecular formula is C15H13Cl2F. The third-order valence-corrected chi connectivity index (χ3v) is 3.53. The van der Waals surface area contributed by atoms with Crippen LogP contribution in [0.15, 0.2) is 42.5 Å². The lowest BCUT2D eigenvalue weighted by atomic mass is 10.0. The van der Waals surface area contributed by atoms with Crippen molar-refractivity contribution in [2.75, 3.05) is 0 Å². The van der Waals surface area contributed by atoms with Crippen LogP contribution in [0.3, 0.4) is 0 Å². The molecule has 0 fully saturated rings. The molecule has 0 radical (unpaired) electrons. The van der Waals surface area contributed by atoms with Gasteiger partial charge in [0.1, 0.15) is 5.82 Å². The highest BCUT2D eigenvalue weighted by atomic mass is 35.5. The SMILES string of the molecule is Cc1cccc(C(Cl)Cc2ccc(Cl)cc2)c1F. The zero-order valence-electron chi connectivity index (χ0n) is 9.96. The van der Waals surface area contributed by atoms with Gasteiger partial charge in [-0.25, -0.2) is 4.39 Å². The second-order valence-electron chi connectivity index (χ2n) is 4.28. The minimum atomic E-state index is -0.369. The Labute approximate surface area is 116 Å². The molecule has 0 aromatic heterocycles. The van der Waals surface area contributed by atoms with Crippen molar-refractivity contribution in [2.45, 2.75) is 18.7 Å². The monoisotopic (exact) mass is 282 g/mol. The van der Waals surface area contributed by atoms with Gasteiger partial charge in [0.05, 0.1) is 5.38 Å². The summed E-state index contributed by atoms with van der Waals surface area (Å²) in [7, 11) is 0. The van der Waals surface area contributed by atoms with Gasteiger partial charge in [0.2, 0.25) is 0 Å². The molecule has 3 heteroatoms. The average Bonchev–Trinajstić information content (AvgIpc) is 2.35. The van der Waals surface area contributed by atoms with Gasteiger partial charge in [-0.05, 0) is 36.6 Å². The molecule has 2 aromatic rings. The predicted molar refractivity (Wildman–Crippen MR) is 74.9 cm³/mol. The van der Waals surface area contributed by atoms with Crippen molar-refractivity contribution in [3.63, 3.8) is 0 Å². The fraction of sp³-hybridized carbons (Fsp3) is 0.200. The molecule has 0 amide bonds. The van der Waals surface area contributed by atoms with Crippen LogP contribution in [0.2, 0.25) is 5.02 Å². The molecule has 0 aliphatic rings. The standard InChI is InChI=1S/C15H13Cl2F/c1-10-3-2-4-13(15(10)18)14(17)9-11-5-7-12(16)8-6-11/h2-8,14H,9H2,1H3. The molecule has 0 aliphatic heterocycles. The van der Waals surface area contributed by atoms with Crippen molar-refractivity contribution in [3.8, 4) is 0 Å². The van der Waals surface area contributed by atoms with E-state index in [1.54, 1.807) is 19.1 Å². The van der Waals surface area contributed by atoms with Crippen LogP contribution < -0.4 is 0 Å². The highest BCUT2D eigenvalue weighted by Gasteiger charge is 2.14. The molecule has 2 aromatic carbocycles. The van der Waals surface area contributed by atoms with Crippen LogP contribution >= 0.6 is 23.2 Å². The Kier molecular flexibility index (Phi) is 4.26. The Morgan fingerprint density at radius 3 is 2.44 bits per heavy atom. The number of hydrogen-bond donors (Lipinski definition) is 0. The van der Waals surface area contributed by atoms with E-state index in [4.69, 9.17) is 23.2 Å². The lowest BCUT2D eigenvalue weighted by Gasteiger charge is -2.12. The van der Waals surface area contributed by atoms with E-state index in [1.807, 2.05) is 30.3 Å². The Morgan fingerprint density at radius 2 is 1.78 bits per heavy atom. The number of aryl methyl sites for hydroxylation is 1. The Balaban J connectivity index is 2.19. The third kappa shape index (κ3) is 3.04. The Morgan fingerprint density at radius 1 is 1.11 bits per heavy atom. The summed E-state index contributed by atoms with van der Waals surface area (Å²) < 4.78 is 13.9. The van der Waals surface area contributed by atoms with Gasteiger partial charge in [-0.15, -0.1) is 11.6 Å². The van der Waals surface area contributed by atoms with Gasteiger partial charge in [-0.1, -0.05) is 41.9 Å². The van der Waals surface area contributed by atoms with Crippen LogP contribution in [-0.2, 0) is 6.42 Å². The normalized spacial score (nSPS) is 12.4. The van der Waals surface area contributed by atoms with E-state index in [1.165, 1.54) is 0 Å². The van der Waals surface area contributed by atoms with Gasteiger partial charge >= 0.3 is 0 Å². The molecule has 0 aliphatic carbocycles. The quantitative estimate of drug-likeness (QED) is 0.669. The lowest BCUT2D eigenvalue weighted by molar-refractivity contribution is 0.597. The third-order valence-electron chi connectivity index (χ3n) is 2.89. The molecular weight excluding hydrogens is 270 g/mol. The number of hydrogen-bond acceptors (Lipinski definition) is 0. The van der Waals surface area contributed by atoms with E-state index < -0.39 is 0 Å². The molecule has 0 nitrogen and oxygen atoms in total. The van der Waals surface area contributed by atoms with Crippen molar-refractivity contribution in [3.05, 3.63) is 70.0 Å². The summed E-state index contributed by atoms with van der Waals surface area (Å²) in [6.07, 6.45) is 0.582. The van der Waals surface area contributed by atoms with Crippen molar-refractivity contribution in [1.29, 1.82) is 0 Å². The van der Waals surface area contributed by atoms with Gasteiger partial charge in [0, 0.05) is 10.6 Å². The Hall–Kier alpha value is -1.05. The second kappa shape index (κ2) is 5.73. The van der Waals surface area contributed by atoms with Crippen molar-refractivity contribution < 1.29 is 4.39 Å². The van der Waals surface area contributed by atoms with Crippen molar-refractivity contribution >= 4 is 23.2 Å². The van der Waals surface area contributed by atoms with Gasteiger partial charge in [-0.2, -0.15) is 0 Å². The smallest absolute Gasteiger partial charge is 0.130 e. The predicted octanol–water partition coefficient (Wildman–Crippen LogP) is 5.31. The molecule has 0 N–H and O–H groups in total. The van der Waals surface area contributed by atoms with Crippen LogP contribution in [-0.4, -0.2) is 0 Å². The van der Waals surface area contributed by atoms with Crippen LogP contribution in [0, 0.1) is 12.7 Å². The molecule has 0 bridgehead atoms. The van der Waals surface area contributed by atoms with E-state index in [-0.39, 0.29) is 11.2 Å². The van der Waals surface area contributed by atoms with Crippen molar-refractivity contribution in [1.82, 2.24) is 0 Å².